The molecule has 0 bridgehead atoms. The van der Waals surface area contributed by atoms with Crippen LogP contribution in [0.15, 0.2) is 47.4 Å². The standard InChI is InChI=1S/C24H31N3O4S/c1-18-6-4-8-21(14-18)32(30,31)25-22-15-20(24(28)29)9-10-23(22)27-13-5-7-19(17-27)16-26-11-2-3-12-26/h4,6,8-10,14-15,19,25H,2-3,5,7,11-13,16-17H2,1H3,(H,28,29). The van der Waals surface area contributed by atoms with Crippen molar-refractivity contribution >= 4 is 27.4 Å². The lowest BCUT2D eigenvalue weighted by atomic mass is 9.96. The summed E-state index contributed by atoms with van der Waals surface area (Å²) in [5, 5.41) is 9.47. The molecule has 4 rings (SSSR count). The Kier molecular flexibility index (Phi) is 6.71. The van der Waals surface area contributed by atoms with E-state index < -0.39 is 16.0 Å². The van der Waals surface area contributed by atoms with Crippen molar-refractivity contribution in [2.45, 2.75) is 37.5 Å². The average molecular weight is 458 g/mol. The summed E-state index contributed by atoms with van der Waals surface area (Å²) in [6.07, 6.45) is 4.71. The van der Waals surface area contributed by atoms with E-state index in [4.69, 9.17) is 0 Å². The van der Waals surface area contributed by atoms with Gasteiger partial charge in [0.2, 0.25) is 0 Å². The third-order valence-corrected chi connectivity index (χ3v) is 7.73. The second-order valence-corrected chi connectivity index (χ2v) is 10.6. The van der Waals surface area contributed by atoms with E-state index in [2.05, 4.69) is 14.5 Å². The molecule has 0 spiro atoms. The zero-order valence-electron chi connectivity index (χ0n) is 18.5. The molecule has 32 heavy (non-hydrogen) atoms. The largest absolute Gasteiger partial charge is 0.478 e. The number of nitrogens with zero attached hydrogens (tertiary/aromatic N) is 2. The van der Waals surface area contributed by atoms with Crippen molar-refractivity contribution in [1.29, 1.82) is 0 Å². The zero-order chi connectivity index (χ0) is 22.7. The van der Waals surface area contributed by atoms with Gasteiger partial charge in [0.05, 0.1) is 21.8 Å². The van der Waals surface area contributed by atoms with Crippen molar-refractivity contribution in [1.82, 2.24) is 4.90 Å². The van der Waals surface area contributed by atoms with E-state index in [0.717, 1.165) is 56.8 Å². The first-order valence-electron chi connectivity index (χ1n) is 11.3. The average Bonchev–Trinajstić information content (AvgIpc) is 3.26. The van der Waals surface area contributed by atoms with Gasteiger partial charge in [-0.1, -0.05) is 12.1 Å². The molecule has 2 aromatic carbocycles. The van der Waals surface area contributed by atoms with Crippen LogP contribution >= 0.6 is 0 Å². The molecule has 2 heterocycles. The summed E-state index contributed by atoms with van der Waals surface area (Å²) in [5.41, 5.74) is 1.94. The summed E-state index contributed by atoms with van der Waals surface area (Å²) in [5.74, 6) is -0.569. The van der Waals surface area contributed by atoms with Crippen LogP contribution in [0.5, 0.6) is 0 Å². The van der Waals surface area contributed by atoms with E-state index in [1.807, 2.05) is 13.0 Å². The summed E-state index contributed by atoms with van der Waals surface area (Å²) < 4.78 is 28.8. The number of hydrogen-bond acceptors (Lipinski definition) is 5. The van der Waals surface area contributed by atoms with E-state index in [1.54, 1.807) is 30.3 Å². The van der Waals surface area contributed by atoms with Gasteiger partial charge >= 0.3 is 5.97 Å². The Hall–Kier alpha value is -2.58. The Morgan fingerprint density at radius 1 is 1.09 bits per heavy atom. The SMILES string of the molecule is Cc1cccc(S(=O)(=O)Nc2cc(C(=O)O)ccc2N2CCCC(CN3CCCC3)C2)c1. The van der Waals surface area contributed by atoms with Crippen molar-refractivity contribution in [2.75, 3.05) is 42.3 Å². The molecule has 7 nitrogen and oxygen atoms in total. The molecule has 1 unspecified atom stereocenters. The number of sulfonamides is 1. The second-order valence-electron chi connectivity index (χ2n) is 8.92. The number of carboxylic acids is 1. The highest BCUT2D eigenvalue weighted by atomic mass is 32.2. The molecule has 2 aliphatic rings. The maximum absolute atomic E-state index is 13.1. The van der Waals surface area contributed by atoms with E-state index in [-0.39, 0.29) is 10.5 Å². The molecule has 172 valence electrons. The first-order valence-corrected chi connectivity index (χ1v) is 12.7. The van der Waals surface area contributed by atoms with Crippen LogP contribution in [0, 0.1) is 12.8 Å². The number of rotatable bonds is 7. The van der Waals surface area contributed by atoms with Crippen LogP contribution in [0.1, 0.15) is 41.6 Å². The van der Waals surface area contributed by atoms with Gasteiger partial charge in [-0.3, -0.25) is 4.72 Å². The maximum atomic E-state index is 13.1. The molecular formula is C24H31N3O4S. The molecule has 8 heteroatoms. The molecule has 2 N–H and O–H groups in total. The summed E-state index contributed by atoms with van der Waals surface area (Å²) in [4.78, 5) is 16.4. The molecule has 2 aromatic rings. The predicted molar refractivity (Wildman–Crippen MR) is 126 cm³/mol. The van der Waals surface area contributed by atoms with Gasteiger partial charge in [0.1, 0.15) is 0 Å². The van der Waals surface area contributed by atoms with Gasteiger partial charge in [-0.05, 0) is 87.5 Å². The minimum atomic E-state index is -3.85. The van der Waals surface area contributed by atoms with Crippen LogP contribution in [0.3, 0.4) is 0 Å². The van der Waals surface area contributed by atoms with Gasteiger partial charge in [-0.25, -0.2) is 13.2 Å². The van der Waals surface area contributed by atoms with Gasteiger partial charge in [0.15, 0.2) is 0 Å². The number of carboxylic acid groups (broad SMARTS) is 1. The van der Waals surface area contributed by atoms with Gasteiger partial charge < -0.3 is 14.9 Å². The Morgan fingerprint density at radius 2 is 1.88 bits per heavy atom. The molecule has 0 amide bonds. The van der Waals surface area contributed by atoms with Gasteiger partial charge in [0.25, 0.3) is 10.0 Å². The third kappa shape index (κ3) is 5.24. The summed E-state index contributed by atoms with van der Waals surface area (Å²) in [6, 6.07) is 11.4. The molecule has 2 saturated heterocycles. The van der Waals surface area contributed by atoms with Crippen LogP contribution in [-0.4, -0.2) is 57.1 Å². The first-order chi connectivity index (χ1) is 15.3. The number of benzene rings is 2. The predicted octanol–water partition coefficient (Wildman–Crippen LogP) is 3.81. The quantitative estimate of drug-likeness (QED) is 0.657. The molecule has 1 atom stereocenters. The van der Waals surface area contributed by atoms with Gasteiger partial charge in [-0.2, -0.15) is 0 Å². The molecule has 0 radical (unpaired) electrons. The van der Waals surface area contributed by atoms with E-state index >= 15 is 0 Å². The maximum Gasteiger partial charge on any atom is 0.335 e. The molecule has 0 aromatic heterocycles. The van der Waals surface area contributed by atoms with Crippen molar-refractivity contribution in [3.63, 3.8) is 0 Å². The molecular weight excluding hydrogens is 426 g/mol. The monoisotopic (exact) mass is 457 g/mol. The van der Waals surface area contributed by atoms with Crippen LogP contribution in [0.2, 0.25) is 0 Å². The number of anilines is 2. The van der Waals surface area contributed by atoms with Crippen molar-refractivity contribution < 1.29 is 18.3 Å². The Labute approximate surface area is 190 Å². The molecule has 0 saturated carbocycles. The Bertz CT molecular complexity index is 1080. The number of carbonyl (C=O) groups is 1. The smallest absolute Gasteiger partial charge is 0.335 e. The third-order valence-electron chi connectivity index (χ3n) is 6.36. The minimum Gasteiger partial charge on any atom is -0.478 e. The highest BCUT2D eigenvalue weighted by Gasteiger charge is 2.26. The number of likely N-dealkylation sites (tertiary alicyclic amines) is 1. The van der Waals surface area contributed by atoms with Gasteiger partial charge in [0, 0.05) is 19.6 Å². The summed E-state index contributed by atoms with van der Waals surface area (Å²) in [7, 11) is -3.85. The fourth-order valence-electron chi connectivity index (χ4n) is 4.78. The number of aryl methyl sites for hydroxylation is 1. The molecule has 2 aliphatic heterocycles. The van der Waals surface area contributed by atoms with Crippen molar-refractivity contribution in [3.05, 3.63) is 53.6 Å². The fraction of sp³-hybridized carbons (Fsp3) is 0.458. The summed E-state index contributed by atoms with van der Waals surface area (Å²) in [6.45, 7) is 6.87. The van der Waals surface area contributed by atoms with Crippen molar-refractivity contribution in [3.8, 4) is 0 Å². The Morgan fingerprint density at radius 3 is 2.59 bits per heavy atom. The van der Waals surface area contributed by atoms with Crippen LogP contribution in [-0.2, 0) is 10.0 Å². The minimum absolute atomic E-state index is 0.0568. The van der Waals surface area contributed by atoms with Crippen LogP contribution in [0.25, 0.3) is 0 Å². The number of piperidine rings is 1. The topological polar surface area (TPSA) is 89.9 Å². The van der Waals surface area contributed by atoms with Crippen LogP contribution in [0.4, 0.5) is 11.4 Å². The lowest BCUT2D eigenvalue weighted by Gasteiger charge is -2.37. The van der Waals surface area contributed by atoms with E-state index in [9.17, 15) is 18.3 Å². The van der Waals surface area contributed by atoms with Crippen LogP contribution < -0.4 is 9.62 Å². The van der Waals surface area contributed by atoms with E-state index in [0.29, 0.717) is 11.6 Å². The number of nitrogens with one attached hydrogen (secondary N) is 1. The Balaban J connectivity index is 1.61. The number of hydrogen-bond donors (Lipinski definition) is 2. The normalized spacial score (nSPS) is 19.8. The van der Waals surface area contributed by atoms with E-state index in [1.165, 1.54) is 18.9 Å². The lowest BCUT2D eigenvalue weighted by molar-refractivity contribution is 0.0697. The molecule has 0 aliphatic carbocycles. The number of aromatic carboxylic acids is 1. The highest BCUT2D eigenvalue weighted by Crippen LogP contribution is 2.33. The summed E-state index contributed by atoms with van der Waals surface area (Å²) >= 11 is 0. The lowest BCUT2D eigenvalue weighted by Crippen LogP contribution is -2.40. The highest BCUT2D eigenvalue weighted by molar-refractivity contribution is 7.92. The first kappa shape index (κ1) is 22.6. The zero-order valence-corrected chi connectivity index (χ0v) is 19.3. The van der Waals surface area contributed by atoms with Gasteiger partial charge in [-0.15, -0.1) is 0 Å². The van der Waals surface area contributed by atoms with Crippen molar-refractivity contribution in [2.24, 2.45) is 5.92 Å². The second kappa shape index (κ2) is 9.50. The fourth-order valence-corrected chi connectivity index (χ4v) is 5.95. The molecule has 2 fully saturated rings.